The number of ether oxygens (including phenoxy) is 1. The van der Waals surface area contributed by atoms with Gasteiger partial charge in [0.2, 0.25) is 5.88 Å². The first-order valence-corrected chi connectivity index (χ1v) is 5.87. The Morgan fingerprint density at radius 2 is 2.11 bits per heavy atom. The van der Waals surface area contributed by atoms with Gasteiger partial charge in [-0.15, -0.1) is 0 Å². The van der Waals surface area contributed by atoms with Gasteiger partial charge >= 0.3 is 0 Å². The van der Waals surface area contributed by atoms with E-state index < -0.39 is 0 Å². The van der Waals surface area contributed by atoms with Crippen molar-refractivity contribution < 1.29 is 4.74 Å². The van der Waals surface area contributed by atoms with E-state index in [2.05, 4.69) is 18.0 Å². The first-order valence-electron chi connectivity index (χ1n) is 5.87. The Morgan fingerprint density at radius 3 is 2.83 bits per heavy atom. The number of hydrogen-bond acceptors (Lipinski definition) is 3. The second kappa shape index (κ2) is 5.33. The van der Waals surface area contributed by atoms with E-state index in [1.54, 1.807) is 12.1 Å². The van der Waals surface area contributed by atoms with Gasteiger partial charge in [0.15, 0.2) is 0 Å². The largest absolute Gasteiger partial charge is 0.438 e. The molecule has 0 saturated carbocycles. The highest BCUT2D eigenvalue weighted by Gasteiger charge is 2.07. The highest BCUT2D eigenvalue weighted by Crippen LogP contribution is 2.24. The molecule has 0 radical (unpaired) electrons. The predicted molar refractivity (Wildman–Crippen MR) is 69.6 cm³/mol. The highest BCUT2D eigenvalue weighted by molar-refractivity contribution is 5.41. The van der Waals surface area contributed by atoms with Crippen molar-refractivity contribution in [2.75, 3.05) is 0 Å². The summed E-state index contributed by atoms with van der Waals surface area (Å²) in [5.74, 6) is 1.08. The summed E-state index contributed by atoms with van der Waals surface area (Å²) < 4.78 is 5.69. The van der Waals surface area contributed by atoms with Gasteiger partial charge in [0.05, 0.1) is 0 Å². The fraction of sp³-hybridized carbons (Fsp3) is 0.200. The molecule has 0 aliphatic carbocycles. The smallest absolute Gasteiger partial charge is 0.237 e. The maximum Gasteiger partial charge on any atom is 0.237 e. The van der Waals surface area contributed by atoms with Crippen LogP contribution in [0.4, 0.5) is 0 Å². The van der Waals surface area contributed by atoms with E-state index in [9.17, 15) is 0 Å². The van der Waals surface area contributed by atoms with Crippen LogP contribution in [0.3, 0.4) is 0 Å². The minimum absolute atomic E-state index is 0.366. The molecule has 0 spiro atoms. The van der Waals surface area contributed by atoms with Gasteiger partial charge < -0.3 is 4.74 Å². The fourth-order valence-electron chi connectivity index (χ4n) is 1.64. The van der Waals surface area contributed by atoms with E-state index in [4.69, 9.17) is 10.00 Å². The lowest BCUT2D eigenvalue weighted by Gasteiger charge is -2.08. The van der Waals surface area contributed by atoms with Gasteiger partial charge in [-0.25, -0.2) is 4.98 Å². The van der Waals surface area contributed by atoms with E-state index in [0.717, 1.165) is 12.1 Å². The maximum absolute atomic E-state index is 9.02. The summed E-state index contributed by atoms with van der Waals surface area (Å²) in [6, 6.07) is 13.4. The van der Waals surface area contributed by atoms with Gasteiger partial charge in [-0.3, -0.25) is 0 Å². The monoisotopic (exact) mass is 238 g/mol. The number of hydrogen-bond donors (Lipinski definition) is 0. The topological polar surface area (TPSA) is 45.9 Å². The standard InChI is InChI=1S/C15H14N2O/c1-3-12-5-4-6-14(9-12)18-15-13(10-16)8-7-11(2)17-15/h4-9H,3H2,1-2H3. The number of benzene rings is 1. The van der Waals surface area contributed by atoms with Crippen molar-refractivity contribution in [1.29, 1.82) is 5.26 Å². The first kappa shape index (κ1) is 12.1. The SMILES string of the molecule is CCc1cccc(Oc2nc(C)ccc2C#N)c1. The Hall–Kier alpha value is -2.34. The summed E-state index contributed by atoms with van der Waals surface area (Å²) >= 11 is 0. The third-order valence-electron chi connectivity index (χ3n) is 2.64. The Labute approximate surface area is 107 Å². The van der Waals surface area contributed by atoms with Crippen LogP contribution >= 0.6 is 0 Å². The Kier molecular flexibility index (Phi) is 3.59. The Balaban J connectivity index is 2.33. The Bertz CT molecular complexity index is 600. The first-order chi connectivity index (χ1) is 8.72. The molecule has 18 heavy (non-hydrogen) atoms. The van der Waals surface area contributed by atoms with Crippen LogP contribution in [0.15, 0.2) is 36.4 Å². The molecule has 90 valence electrons. The van der Waals surface area contributed by atoms with Crippen LogP contribution in [0.5, 0.6) is 11.6 Å². The molecule has 0 unspecified atom stereocenters. The maximum atomic E-state index is 9.02. The summed E-state index contributed by atoms with van der Waals surface area (Å²) in [7, 11) is 0. The summed E-state index contributed by atoms with van der Waals surface area (Å²) in [5, 5.41) is 9.02. The lowest BCUT2D eigenvalue weighted by atomic mass is 10.2. The molecule has 0 fully saturated rings. The normalized spacial score (nSPS) is 9.83. The minimum atomic E-state index is 0.366. The molecular formula is C15H14N2O. The van der Waals surface area contributed by atoms with E-state index in [1.165, 1.54) is 5.56 Å². The lowest BCUT2D eigenvalue weighted by Crippen LogP contribution is -1.94. The average Bonchev–Trinajstić information content (AvgIpc) is 2.39. The zero-order valence-electron chi connectivity index (χ0n) is 10.5. The van der Waals surface area contributed by atoms with Crippen LogP contribution in [0.1, 0.15) is 23.7 Å². The van der Waals surface area contributed by atoms with Crippen LogP contribution in [-0.2, 0) is 6.42 Å². The van der Waals surface area contributed by atoms with Crippen molar-refractivity contribution in [1.82, 2.24) is 4.98 Å². The van der Waals surface area contributed by atoms with Gasteiger partial charge in [0, 0.05) is 5.69 Å². The minimum Gasteiger partial charge on any atom is -0.438 e. The van der Waals surface area contributed by atoms with Crippen molar-refractivity contribution in [2.24, 2.45) is 0 Å². The van der Waals surface area contributed by atoms with Crippen LogP contribution in [0.25, 0.3) is 0 Å². The number of nitriles is 1. The van der Waals surface area contributed by atoms with E-state index in [1.807, 2.05) is 31.2 Å². The summed E-state index contributed by atoms with van der Waals surface area (Å²) in [5.41, 5.74) is 2.47. The molecule has 3 nitrogen and oxygen atoms in total. The van der Waals surface area contributed by atoms with Gasteiger partial charge in [0.25, 0.3) is 0 Å². The average molecular weight is 238 g/mol. The number of nitrogens with zero attached hydrogens (tertiary/aromatic N) is 2. The number of rotatable bonds is 3. The van der Waals surface area contributed by atoms with Gasteiger partial charge in [-0.05, 0) is 43.2 Å². The molecule has 1 aromatic heterocycles. The molecule has 0 aliphatic rings. The Morgan fingerprint density at radius 1 is 1.28 bits per heavy atom. The molecule has 1 heterocycles. The number of aryl methyl sites for hydroxylation is 2. The second-order valence-corrected chi connectivity index (χ2v) is 4.02. The van der Waals surface area contributed by atoms with Crippen LogP contribution in [0, 0.1) is 18.3 Å². The van der Waals surface area contributed by atoms with Crippen molar-refractivity contribution in [3.05, 3.63) is 53.2 Å². The van der Waals surface area contributed by atoms with E-state index in [-0.39, 0.29) is 0 Å². The van der Waals surface area contributed by atoms with E-state index >= 15 is 0 Å². The van der Waals surface area contributed by atoms with Crippen molar-refractivity contribution in [3.63, 3.8) is 0 Å². The summed E-state index contributed by atoms with van der Waals surface area (Å²) in [6.07, 6.45) is 0.948. The molecule has 3 heteroatoms. The third-order valence-corrected chi connectivity index (χ3v) is 2.64. The second-order valence-electron chi connectivity index (χ2n) is 4.02. The van der Waals surface area contributed by atoms with E-state index in [0.29, 0.717) is 17.2 Å². The van der Waals surface area contributed by atoms with Crippen molar-refractivity contribution in [2.45, 2.75) is 20.3 Å². The molecule has 0 aliphatic heterocycles. The summed E-state index contributed by atoms with van der Waals surface area (Å²) in [4.78, 5) is 4.25. The van der Waals surface area contributed by atoms with Crippen molar-refractivity contribution in [3.8, 4) is 17.7 Å². The highest BCUT2D eigenvalue weighted by atomic mass is 16.5. The molecule has 0 amide bonds. The van der Waals surface area contributed by atoms with Crippen molar-refractivity contribution >= 4 is 0 Å². The summed E-state index contributed by atoms with van der Waals surface area (Å²) in [6.45, 7) is 3.96. The number of pyridine rings is 1. The lowest BCUT2D eigenvalue weighted by molar-refractivity contribution is 0.459. The zero-order valence-corrected chi connectivity index (χ0v) is 10.5. The molecule has 2 rings (SSSR count). The number of aromatic nitrogens is 1. The van der Waals surface area contributed by atoms with Gasteiger partial charge in [0.1, 0.15) is 17.4 Å². The quantitative estimate of drug-likeness (QED) is 0.820. The van der Waals surface area contributed by atoms with Crippen LogP contribution in [-0.4, -0.2) is 4.98 Å². The van der Waals surface area contributed by atoms with Gasteiger partial charge in [-0.2, -0.15) is 5.26 Å². The molecule has 1 aromatic carbocycles. The zero-order chi connectivity index (χ0) is 13.0. The molecule has 0 bridgehead atoms. The van der Waals surface area contributed by atoms with Gasteiger partial charge in [-0.1, -0.05) is 19.1 Å². The van der Waals surface area contributed by atoms with Crippen LogP contribution < -0.4 is 4.74 Å². The fourth-order valence-corrected chi connectivity index (χ4v) is 1.64. The predicted octanol–water partition coefficient (Wildman–Crippen LogP) is 3.62. The molecule has 0 N–H and O–H groups in total. The van der Waals surface area contributed by atoms with Crippen LogP contribution in [0.2, 0.25) is 0 Å². The molecule has 0 saturated heterocycles. The molecule has 0 atom stereocenters. The molecular weight excluding hydrogens is 224 g/mol. The third kappa shape index (κ3) is 2.67. The molecule has 2 aromatic rings.